The largest absolute Gasteiger partial charge is 0.462 e. The summed E-state index contributed by atoms with van der Waals surface area (Å²) in [5.41, 5.74) is 2.17. The molecule has 34 heavy (non-hydrogen) atoms. The minimum atomic E-state index is -0.934. The van der Waals surface area contributed by atoms with Crippen LogP contribution in [-0.4, -0.2) is 36.4 Å². The number of amides is 1. The predicted octanol–water partition coefficient (Wildman–Crippen LogP) is 5.32. The van der Waals surface area contributed by atoms with Crippen LogP contribution >= 0.6 is 0 Å². The van der Waals surface area contributed by atoms with Crippen molar-refractivity contribution < 1.29 is 28.0 Å². The Morgan fingerprint density at radius 3 is 2.44 bits per heavy atom. The third-order valence-corrected chi connectivity index (χ3v) is 5.70. The highest BCUT2D eigenvalue weighted by molar-refractivity contribution is 5.90. The van der Waals surface area contributed by atoms with Crippen molar-refractivity contribution in [3.8, 4) is 11.3 Å². The average molecular weight is 467 g/mol. The first-order valence-corrected chi connectivity index (χ1v) is 11.1. The molecule has 178 valence electrons. The maximum Gasteiger partial charge on any atom is 0.412 e. The van der Waals surface area contributed by atoms with E-state index in [2.05, 4.69) is 15.4 Å². The fraction of sp³-hybridized carbons (Fsp3) is 0.320. The molecule has 4 rings (SSSR count). The lowest BCUT2D eigenvalue weighted by molar-refractivity contribution is -0.147. The second-order valence-corrected chi connectivity index (χ2v) is 8.10. The van der Waals surface area contributed by atoms with Crippen molar-refractivity contribution in [1.82, 2.24) is 5.16 Å². The van der Waals surface area contributed by atoms with Crippen LogP contribution in [0.3, 0.4) is 0 Å². The van der Waals surface area contributed by atoms with Gasteiger partial charge in [0.1, 0.15) is 17.9 Å². The number of rotatable bonds is 6. The first-order valence-electron chi connectivity index (χ1n) is 11.1. The second-order valence-electron chi connectivity index (χ2n) is 8.10. The number of carbonyl (C=O) groups excluding carboxylic acids is 2. The molecule has 1 saturated heterocycles. The molecule has 0 spiro atoms. The second kappa shape index (κ2) is 10.4. The van der Waals surface area contributed by atoms with Crippen molar-refractivity contribution in [3.63, 3.8) is 0 Å². The summed E-state index contributed by atoms with van der Waals surface area (Å²) in [4.78, 5) is 25.7. The Hall–Kier alpha value is -3.88. The molecule has 1 N–H and O–H groups in total. The van der Waals surface area contributed by atoms with Gasteiger partial charge >= 0.3 is 12.1 Å². The van der Waals surface area contributed by atoms with Gasteiger partial charge in [0.25, 0.3) is 5.95 Å². The predicted molar refractivity (Wildman–Crippen MR) is 124 cm³/mol. The number of nitrogens with zero attached hydrogens (tertiary/aromatic N) is 2. The van der Waals surface area contributed by atoms with E-state index >= 15 is 0 Å². The molecule has 2 aromatic carbocycles. The molecule has 9 heteroatoms. The van der Waals surface area contributed by atoms with Gasteiger partial charge in [-0.05, 0) is 41.9 Å². The van der Waals surface area contributed by atoms with Gasteiger partial charge in [0.15, 0.2) is 5.76 Å². The highest BCUT2D eigenvalue weighted by atomic mass is 19.1. The molecule has 0 radical (unpaired) electrons. The van der Waals surface area contributed by atoms with E-state index in [9.17, 15) is 14.0 Å². The van der Waals surface area contributed by atoms with Crippen LogP contribution in [-0.2, 0) is 14.3 Å². The summed E-state index contributed by atoms with van der Waals surface area (Å²) < 4.78 is 30.1. The number of hydrogen-bond acceptors (Lipinski definition) is 7. The van der Waals surface area contributed by atoms with E-state index in [0.29, 0.717) is 5.56 Å². The zero-order valence-corrected chi connectivity index (χ0v) is 19.0. The lowest BCUT2D eigenvalue weighted by Gasteiger charge is -2.33. The van der Waals surface area contributed by atoms with Gasteiger partial charge < -0.3 is 18.9 Å². The van der Waals surface area contributed by atoms with Gasteiger partial charge in [-0.25, -0.2) is 4.79 Å². The van der Waals surface area contributed by atoms with Crippen LogP contribution in [0.4, 0.5) is 20.6 Å². The van der Waals surface area contributed by atoms with E-state index < -0.39 is 18.1 Å². The number of piperidine rings is 1. The Balaban J connectivity index is 1.40. The van der Waals surface area contributed by atoms with E-state index in [1.807, 2.05) is 42.5 Å². The summed E-state index contributed by atoms with van der Waals surface area (Å²) in [7, 11) is 0. The summed E-state index contributed by atoms with van der Waals surface area (Å²) in [5, 5.41) is 5.78. The van der Waals surface area contributed by atoms with E-state index in [1.165, 1.54) is 6.92 Å². The van der Waals surface area contributed by atoms with Gasteiger partial charge in [-0.15, -0.1) is 0 Å². The van der Waals surface area contributed by atoms with E-state index in [4.69, 9.17) is 14.0 Å². The van der Waals surface area contributed by atoms with Gasteiger partial charge in [0.05, 0.1) is 0 Å². The van der Waals surface area contributed by atoms with Crippen molar-refractivity contribution in [1.29, 1.82) is 0 Å². The number of ether oxygens (including phenoxy) is 2. The van der Waals surface area contributed by atoms with Gasteiger partial charge in [0.2, 0.25) is 0 Å². The van der Waals surface area contributed by atoms with E-state index in [1.54, 1.807) is 19.1 Å². The molecule has 8 nitrogen and oxygen atoms in total. The van der Waals surface area contributed by atoms with Crippen LogP contribution in [0, 0.1) is 5.95 Å². The number of aromatic nitrogens is 1. The van der Waals surface area contributed by atoms with Gasteiger partial charge in [-0.2, -0.15) is 4.39 Å². The van der Waals surface area contributed by atoms with E-state index in [-0.39, 0.29) is 23.5 Å². The Morgan fingerprint density at radius 2 is 1.79 bits per heavy atom. The van der Waals surface area contributed by atoms with Crippen LogP contribution in [0.2, 0.25) is 0 Å². The zero-order valence-electron chi connectivity index (χ0n) is 19.0. The normalized spacial score (nSPS) is 15.0. The Morgan fingerprint density at radius 1 is 1.12 bits per heavy atom. The SMILES string of the molecule is CC(=O)OC1CCN(c2ccc(-c3onc(F)c3NC(=O)OC(C)c3ccccc3)cc2)CC1. The number of esters is 1. The molecule has 1 aliphatic heterocycles. The summed E-state index contributed by atoms with van der Waals surface area (Å²) >= 11 is 0. The van der Waals surface area contributed by atoms with Crippen molar-refractivity contribution in [2.45, 2.75) is 38.9 Å². The monoisotopic (exact) mass is 467 g/mol. The number of benzene rings is 2. The molecule has 3 aromatic rings. The quantitative estimate of drug-likeness (QED) is 0.490. The highest BCUT2D eigenvalue weighted by Gasteiger charge is 2.24. The van der Waals surface area contributed by atoms with Gasteiger partial charge in [-0.1, -0.05) is 30.3 Å². The average Bonchev–Trinajstić information content (AvgIpc) is 3.19. The lowest BCUT2D eigenvalue weighted by Crippen LogP contribution is -2.37. The van der Waals surface area contributed by atoms with Crippen LogP contribution in [0.1, 0.15) is 38.4 Å². The zero-order chi connectivity index (χ0) is 24.1. The van der Waals surface area contributed by atoms with Crippen LogP contribution in [0.5, 0.6) is 0 Å². The Labute approximate surface area is 196 Å². The van der Waals surface area contributed by atoms with Crippen molar-refractivity contribution in [2.24, 2.45) is 0 Å². The maximum absolute atomic E-state index is 14.3. The van der Waals surface area contributed by atoms with Crippen molar-refractivity contribution >= 4 is 23.4 Å². The molecule has 1 atom stereocenters. The summed E-state index contributed by atoms with van der Waals surface area (Å²) in [6.45, 7) is 4.66. The maximum atomic E-state index is 14.3. The van der Waals surface area contributed by atoms with Gasteiger partial charge in [-0.3, -0.25) is 10.1 Å². The lowest BCUT2D eigenvalue weighted by atomic mass is 10.1. The number of hydrogen-bond donors (Lipinski definition) is 1. The van der Waals surface area contributed by atoms with Crippen LogP contribution in [0.25, 0.3) is 11.3 Å². The van der Waals surface area contributed by atoms with Crippen molar-refractivity contribution in [3.05, 3.63) is 66.1 Å². The minimum absolute atomic E-state index is 0.0526. The van der Waals surface area contributed by atoms with E-state index in [0.717, 1.165) is 37.2 Å². The molecule has 1 aromatic heterocycles. The number of halogens is 1. The fourth-order valence-electron chi connectivity index (χ4n) is 3.95. The smallest absolute Gasteiger partial charge is 0.412 e. The molecular formula is C25H26FN3O5. The van der Waals surface area contributed by atoms with Crippen molar-refractivity contribution in [2.75, 3.05) is 23.3 Å². The van der Waals surface area contributed by atoms with Crippen LogP contribution < -0.4 is 10.2 Å². The standard InChI is InChI=1S/C25H26FN3O5/c1-16(18-6-4-3-5-7-18)32-25(31)27-22-23(34-28-24(22)26)19-8-10-20(11-9-19)29-14-12-21(13-15-29)33-17(2)30/h3-11,16,21H,12-15H2,1-2H3,(H,27,31). The number of nitrogens with one attached hydrogen (secondary N) is 1. The molecule has 1 amide bonds. The molecule has 0 aliphatic carbocycles. The molecule has 1 fully saturated rings. The van der Waals surface area contributed by atoms with Crippen LogP contribution in [0.15, 0.2) is 59.1 Å². The summed E-state index contributed by atoms with van der Waals surface area (Å²) in [6, 6.07) is 16.6. The fourth-order valence-corrected chi connectivity index (χ4v) is 3.95. The Bertz CT molecular complexity index is 1130. The molecule has 1 unspecified atom stereocenters. The number of carbonyl (C=O) groups is 2. The van der Waals surface area contributed by atoms with Gasteiger partial charge in [0, 0.05) is 44.1 Å². The molecule has 2 heterocycles. The first-order chi connectivity index (χ1) is 16.4. The molecule has 0 saturated carbocycles. The molecule has 0 bridgehead atoms. The third kappa shape index (κ3) is 5.54. The highest BCUT2D eigenvalue weighted by Crippen LogP contribution is 2.33. The Kier molecular flexibility index (Phi) is 7.10. The number of anilines is 2. The minimum Gasteiger partial charge on any atom is -0.462 e. The first kappa shape index (κ1) is 23.3. The summed E-state index contributed by atoms with van der Waals surface area (Å²) in [5.74, 6) is -1.09. The summed E-state index contributed by atoms with van der Waals surface area (Å²) in [6.07, 6.45) is 0.130. The molecular weight excluding hydrogens is 441 g/mol. The third-order valence-electron chi connectivity index (χ3n) is 5.70. The topological polar surface area (TPSA) is 93.9 Å². The molecule has 1 aliphatic rings.